The maximum Gasteiger partial charge on any atom is 0.229 e. The van der Waals surface area contributed by atoms with Gasteiger partial charge in [-0.1, -0.05) is 0 Å². The van der Waals surface area contributed by atoms with Crippen LogP contribution < -0.4 is 37.9 Å². The summed E-state index contributed by atoms with van der Waals surface area (Å²) in [5.41, 5.74) is -3.19. The molecule has 56 nitrogen and oxygen atoms in total. The van der Waals surface area contributed by atoms with E-state index in [0.717, 1.165) is 48.5 Å². The van der Waals surface area contributed by atoms with Crippen molar-refractivity contribution in [3.05, 3.63) is 48.5 Å². The smallest absolute Gasteiger partial charge is 0.229 e. The van der Waals surface area contributed by atoms with E-state index in [2.05, 4.69) is 9.97 Å². The van der Waals surface area contributed by atoms with Crippen molar-refractivity contribution in [2.45, 2.75) is 246 Å². The topological polar surface area (TPSA) is 904 Å². The van der Waals surface area contributed by atoms with Gasteiger partial charge in [-0.05, 0) is 48.5 Å². The molecule has 0 unspecified atom stereocenters. The summed E-state index contributed by atoms with van der Waals surface area (Å²) in [6.07, 6.45) is -82.3. The van der Waals surface area contributed by atoms with Crippen LogP contribution in [0.25, 0.3) is 89.7 Å². The third-order valence-electron chi connectivity index (χ3n) is 24.8. The zero-order valence-corrected chi connectivity index (χ0v) is 69.9. The number of aliphatic hydroxyl groups is 32. The van der Waals surface area contributed by atoms with E-state index in [0.29, 0.717) is 0 Å². The Bertz CT molecular complexity index is 4950. The lowest BCUT2D eigenvalue weighted by atomic mass is 9.99. The third kappa shape index (κ3) is 18.0. The molecule has 0 amide bonds. The summed E-state index contributed by atoms with van der Waals surface area (Å²) < 4.78 is 96.7. The van der Waals surface area contributed by atoms with Gasteiger partial charge in [0.15, 0.2) is 69.3 Å². The second-order valence-electron chi connectivity index (χ2n) is 33.5. The van der Waals surface area contributed by atoms with Crippen LogP contribution in [0, 0.1) is 0 Å². The number of hydrogen-bond acceptors (Lipinski definition) is 54. The molecule has 0 radical (unpaired) electrons. The first-order chi connectivity index (χ1) is 64.9. The van der Waals surface area contributed by atoms with Crippen LogP contribution in [0.3, 0.4) is 0 Å². The number of benzene rings is 4. The number of nitrogens with one attached hydrogen (secondary N) is 2. The Balaban J connectivity index is 0.991. The summed E-state index contributed by atoms with van der Waals surface area (Å²) in [5, 5.41) is 353. The minimum absolute atomic E-state index is 0.283. The molecule has 8 fully saturated rings. The van der Waals surface area contributed by atoms with Crippen molar-refractivity contribution in [1.82, 2.24) is 39.9 Å². The molecule has 17 rings (SSSR count). The number of aliphatic hydroxyl groups excluding tert-OH is 32. The van der Waals surface area contributed by atoms with Crippen molar-refractivity contribution < 1.29 is 239 Å². The van der Waals surface area contributed by atoms with Gasteiger partial charge in [0.2, 0.25) is 50.3 Å². The van der Waals surface area contributed by atoms with E-state index in [4.69, 9.17) is 106 Å². The summed E-state index contributed by atoms with van der Waals surface area (Å²) in [6.45, 7) is -8.26. The molecule has 10 aliphatic rings. The molecule has 8 saturated heterocycles. The quantitative estimate of drug-likeness (QED) is 0.0267. The van der Waals surface area contributed by atoms with Crippen LogP contribution in [0.4, 0.5) is 0 Å². The van der Waals surface area contributed by atoms with Gasteiger partial charge in [-0.25, -0.2) is 29.9 Å². The predicted octanol–water partition coefficient (Wildman–Crippen LogP) is -15.7. The molecule has 8 bridgehead atoms. The number of nitrogens with zero attached hydrogens (tertiary/aromatic N) is 6. The Hall–Kier alpha value is -8.96. The largest absolute Gasteiger partial charge is 0.458 e. The summed E-state index contributed by atoms with van der Waals surface area (Å²) >= 11 is 0. The van der Waals surface area contributed by atoms with Crippen LogP contribution in [0.2, 0.25) is 0 Å². The predicted molar refractivity (Wildman–Crippen MR) is 431 cm³/mol. The molecule has 0 saturated carbocycles. The van der Waals surface area contributed by atoms with Crippen molar-refractivity contribution in [2.75, 3.05) is 52.9 Å². The SMILES string of the molecule is OC[C@H]1O[C@H](Oc2cc3c(cc2O[C@H]2O[C@H](CO)[C@@H](O)[C@H](O)[C@H]2O)-c2nc-3nc3[nH]c(nc4nc(nc5[nH]c(n2)c2cc(O[C@H]6O[C@H](CO)[C@@H](O)[C@H](O)[C@H]6O)c(O[C@H]6O[C@H](CO)[C@@H](O)[C@H](O)[C@H]6O)cc52)-c2cc(O[C@H]5O[C@H](CO)[C@@H](O)[C@H](O)[C@H]5O)c(O[C@H]5O[C@H](CO)[C@@H](O)[C@H](O)[C@H]5O)cc2-4)c2cc(O[C@H]4O[C@H](CO)[C@@H](O)[C@H](O)[C@H]4O)c(O[C@H]4O[C@H](CO)[C@@H](O)[C@H](O)[C@H]4O)cc32)[C@H](O)[C@@H](O)[C@@H]1O. The molecule has 34 N–H and O–H groups in total. The summed E-state index contributed by atoms with van der Waals surface area (Å²) in [6, 6.07) is 8.34. The number of H-pyrrole nitrogens is 2. The van der Waals surface area contributed by atoms with Crippen molar-refractivity contribution >= 4 is 44.1 Å². The van der Waals surface area contributed by atoms with E-state index in [1.807, 2.05) is 0 Å². The Kier molecular flexibility index (Phi) is 28.7. The van der Waals surface area contributed by atoms with Gasteiger partial charge in [-0.3, -0.25) is 0 Å². The molecule has 0 spiro atoms. The van der Waals surface area contributed by atoms with Crippen LogP contribution in [-0.4, -0.2) is 502 Å². The van der Waals surface area contributed by atoms with E-state index in [-0.39, 0.29) is 43.8 Å². The second-order valence-corrected chi connectivity index (χ2v) is 33.5. The molecule has 3 aromatic heterocycles. The average Bonchev–Trinajstić information content (AvgIpc) is 1.58. The van der Waals surface area contributed by atoms with Crippen LogP contribution in [-0.2, 0) is 37.9 Å². The van der Waals surface area contributed by atoms with Crippen LogP contribution in [0.15, 0.2) is 48.5 Å². The maximum absolute atomic E-state index is 11.6. The number of fused-ring (bicyclic) bond motifs is 20. The Morgan fingerprint density at radius 2 is 0.316 bits per heavy atom. The lowest BCUT2D eigenvalue weighted by molar-refractivity contribution is -0.282. The van der Waals surface area contributed by atoms with Gasteiger partial charge in [0.25, 0.3) is 0 Å². The average molecular weight is 1940 g/mol. The van der Waals surface area contributed by atoms with Crippen molar-refractivity contribution in [1.29, 1.82) is 0 Å². The molecule has 10 aliphatic heterocycles. The molecule has 56 heteroatoms. The van der Waals surface area contributed by atoms with E-state index < -0.39 is 390 Å². The highest BCUT2D eigenvalue weighted by atomic mass is 16.8. The lowest BCUT2D eigenvalue weighted by Crippen LogP contribution is -2.60. The fraction of sp³-hybridized carbons (Fsp3) is 0.600. The highest BCUT2D eigenvalue weighted by Crippen LogP contribution is 2.50. The lowest BCUT2D eigenvalue weighted by Gasteiger charge is -2.41. The van der Waals surface area contributed by atoms with E-state index in [9.17, 15) is 163 Å². The Morgan fingerprint density at radius 1 is 0.184 bits per heavy atom. The van der Waals surface area contributed by atoms with E-state index in [1.54, 1.807) is 0 Å². The molecule has 13 heterocycles. The van der Waals surface area contributed by atoms with Crippen molar-refractivity contribution in [2.24, 2.45) is 0 Å². The Labute approximate surface area is 759 Å². The first kappa shape index (κ1) is 98.6. The maximum atomic E-state index is 11.6. The van der Waals surface area contributed by atoms with Gasteiger partial charge in [-0.2, -0.15) is 0 Å². The number of ether oxygens (including phenoxy) is 16. The molecule has 40 atom stereocenters. The molecule has 4 aromatic carbocycles. The highest BCUT2D eigenvalue weighted by molar-refractivity contribution is 6.08. The first-order valence-electron chi connectivity index (χ1n) is 42.3. The van der Waals surface area contributed by atoms with Crippen molar-refractivity contribution in [3.8, 4) is 91.5 Å². The minimum Gasteiger partial charge on any atom is -0.458 e. The molecule has 136 heavy (non-hydrogen) atoms. The fourth-order valence-electron chi connectivity index (χ4n) is 16.9. The van der Waals surface area contributed by atoms with Crippen LogP contribution in [0.1, 0.15) is 0 Å². The van der Waals surface area contributed by atoms with Gasteiger partial charge < -0.3 is 249 Å². The molecule has 746 valence electrons. The van der Waals surface area contributed by atoms with Gasteiger partial charge in [0.1, 0.15) is 218 Å². The number of aromatic nitrogens is 8. The molecule has 7 aromatic rings. The van der Waals surface area contributed by atoms with Gasteiger partial charge in [0, 0.05) is 43.8 Å². The Morgan fingerprint density at radius 3 is 0.449 bits per heavy atom. The van der Waals surface area contributed by atoms with Crippen LogP contribution in [0.5, 0.6) is 46.0 Å². The molecule has 0 aliphatic carbocycles. The zero-order valence-electron chi connectivity index (χ0n) is 69.9. The fourth-order valence-corrected chi connectivity index (χ4v) is 16.9. The standard InChI is InChI=1S/C80H98N8O48/c89-9-33-41(97)49(105)57(113)73(129-33)121-25-1-17-18(2-26(25)122-74-58(114)50(106)42(98)34(10-90)130-74)66-81-65(17)85-67-19-3-27(123-75-59(115)51(107)43(99)35(11-91)131-75)28(124-76-60(116)52(108)44(100)36(12-92)132-76)4-20(19)69(82-67)87-71-23-7-31(127-79-63(119)55(111)47(103)39(15-95)135-79)32(128-80-64(120)56(112)48(104)40(16-96)136-80)8-24(23)72(84-71)88-70-22-6-30(126-78-62(118)54(110)46(102)38(14-94)134-78)29(5-21(22)68(83-70)86-66)125-77-61(117)53(109)45(101)37(13-93)133-77/h1-8,33-64,73-80,89-120H,9-16H2,(H2,81,82,83,84,85,86,87,88)/t33-,34-,35-,36-,37-,38-,39-,40-,41-,42-,43-,44-,45-,46-,47-,48-,49+,50+,51+,52+,53+,54+,55+,56+,57-,58-,59-,60-,61-,62-,63-,64-,73+,74+,75+,76+,77+,78+,79+,80+/m1/s1. The summed E-state index contributed by atoms with van der Waals surface area (Å²) in [7, 11) is 0. The number of hydrogen-bond donors (Lipinski definition) is 34. The van der Waals surface area contributed by atoms with Gasteiger partial charge >= 0.3 is 0 Å². The summed E-state index contributed by atoms with van der Waals surface area (Å²) in [4.78, 5) is 36.0. The second kappa shape index (κ2) is 39.6. The normalized spacial score (nSPS) is 39.2. The molecular formula is C80H98N8O48. The third-order valence-corrected chi connectivity index (χ3v) is 24.8. The van der Waals surface area contributed by atoms with Gasteiger partial charge in [0.05, 0.1) is 52.9 Å². The zero-order chi connectivity index (χ0) is 97.2. The van der Waals surface area contributed by atoms with Crippen LogP contribution >= 0.6 is 0 Å². The molecular weight excluding hydrogens is 1840 g/mol. The minimum atomic E-state index is -2.25. The first-order valence-corrected chi connectivity index (χ1v) is 42.3. The van der Waals surface area contributed by atoms with E-state index in [1.165, 1.54) is 0 Å². The number of rotatable bonds is 24. The van der Waals surface area contributed by atoms with E-state index >= 15 is 0 Å². The highest BCUT2D eigenvalue weighted by Gasteiger charge is 2.55. The van der Waals surface area contributed by atoms with Gasteiger partial charge in [-0.15, -0.1) is 0 Å². The monoisotopic (exact) mass is 1940 g/mol. The van der Waals surface area contributed by atoms with Crippen molar-refractivity contribution in [3.63, 3.8) is 0 Å². The summed E-state index contributed by atoms with van der Waals surface area (Å²) in [5.74, 6) is -7.70. The number of aromatic amines is 2.